The Morgan fingerprint density at radius 3 is 2.22 bits per heavy atom. The number of halogens is 3. The van der Waals surface area contributed by atoms with E-state index in [1.54, 1.807) is 0 Å². The SMILES string of the molecule is COc1cc(OC)c(NS(=O)(=O)c2ccc(F)c(F)c2)cc1Cl. The first-order valence-electron chi connectivity index (χ1n) is 6.18. The Morgan fingerprint density at radius 2 is 1.65 bits per heavy atom. The summed E-state index contributed by atoms with van der Waals surface area (Å²) in [6, 6.07) is 4.93. The van der Waals surface area contributed by atoms with Gasteiger partial charge in [-0.3, -0.25) is 4.72 Å². The van der Waals surface area contributed by atoms with Crippen molar-refractivity contribution >= 4 is 27.3 Å². The van der Waals surface area contributed by atoms with Gasteiger partial charge < -0.3 is 9.47 Å². The molecule has 2 aromatic carbocycles. The Balaban J connectivity index is 2.44. The predicted molar refractivity (Wildman–Crippen MR) is 81.7 cm³/mol. The first kappa shape index (κ1) is 17.3. The molecule has 0 spiro atoms. The third kappa shape index (κ3) is 3.65. The maximum Gasteiger partial charge on any atom is 0.262 e. The molecule has 2 aromatic rings. The molecule has 0 bridgehead atoms. The van der Waals surface area contributed by atoms with Gasteiger partial charge in [0.25, 0.3) is 10.0 Å². The average molecular weight is 364 g/mol. The fourth-order valence-corrected chi connectivity index (χ4v) is 3.10. The first-order valence-corrected chi connectivity index (χ1v) is 8.04. The number of anilines is 1. The molecule has 0 unspecified atom stereocenters. The Hall–Kier alpha value is -2.06. The summed E-state index contributed by atoms with van der Waals surface area (Å²) in [5.74, 6) is -1.97. The Bertz CT molecular complexity index is 843. The van der Waals surface area contributed by atoms with Crippen LogP contribution in [0.2, 0.25) is 5.02 Å². The third-order valence-electron chi connectivity index (χ3n) is 2.92. The topological polar surface area (TPSA) is 64.6 Å². The minimum Gasteiger partial charge on any atom is -0.495 e. The van der Waals surface area contributed by atoms with Crippen LogP contribution in [0.15, 0.2) is 35.2 Å². The maximum atomic E-state index is 13.2. The second-order valence-electron chi connectivity index (χ2n) is 4.37. The van der Waals surface area contributed by atoms with Crippen LogP contribution in [0.25, 0.3) is 0 Å². The second kappa shape index (κ2) is 6.59. The smallest absolute Gasteiger partial charge is 0.262 e. The molecule has 0 atom stereocenters. The molecular weight excluding hydrogens is 352 g/mol. The van der Waals surface area contributed by atoms with Gasteiger partial charge in [-0.15, -0.1) is 0 Å². The van der Waals surface area contributed by atoms with Crippen LogP contribution in [-0.2, 0) is 10.0 Å². The van der Waals surface area contributed by atoms with E-state index in [9.17, 15) is 17.2 Å². The molecule has 0 aromatic heterocycles. The number of ether oxygens (including phenoxy) is 2. The number of sulfonamides is 1. The van der Waals surface area contributed by atoms with Gasteiger partial charge in [0, 0.05) is 6.07 Å². The van der Waals surface area contributed by atoms with Crippen LogP contribution in [0.5, 0.6) is 11.5 Å². The van der Waals surface area contributed by atoms with E-state index in [-0.39, 0.29) is 16.5 Å². The summed E-state index contributed by atoms with van der Waals surface area (Å²) >= 11 is 5.95. The van der Waals surface area contributed by atoms with Gasteiger partial charge in [0.05, 0.1) is 29.8 Å². The van der Waals surface area contributed by atoms with E-state index in [0.717, 1.165) is 12.1 Å². The maximum absolute atomic E-state index is 13.2. The summed E-state index contributed by atoms with van der Waals surface area (Å²) in [6.45, 7) is 0. The van der Waals surface area contributed by atoms with Crippen LogP contribution in [0.3, 0.4) is 0 Å². The predicted octanol–water partition coefficient (Wildman–Crippen LogP) is 3.44. The molecule has 0 aliphatic carbocycles. The summed E-state index contributed by atoms with van der Waals surface area (Å²) in [4.78, 5) is -0.439. The highest BCUT2D eigenvalue weighted by Gasteiger charge is 2.20. The highest BCUT2D eigenvalue weighted by Crippen LogP contribution is 2.36. The zero-order valence-corrected chi connectivity index (χ0v) is 13.6. The van der Waals surface area contributed by atoms with Crippen LogP contribution < -0.4 is 14.2 Å². The zero-order valence-electron chi connectivity index (χ0n) is 12.1. The van der Waals surface area contributed by atoms with Crippen molar-refractivity contribution in [2.75, 3.05) is 18.9 Å². The average Bonchev–Trinajstić information content (AvgIpc) is 2.50. The lowest BCUT2D eigenvalue weighted by Crippen LogP contribution is -2.14. The third-order valence-corrected chi connectivity index (χ3v) is 4.58. The molecule has 5 nitrogen and oxygen atoms in total. The van der Waals surface area contributed by atoms with Crippen LogP contribution >= 0.6 is 11.6 Å². The fraction of sp³-hybridized carbons (Fsp3) is 0.143. The fourth-order valence-electron chi connectivity index (χ4n) is 1.79. The van der Waals surface area contributed by atoms with Crippen LogP contribution in [-0.4, -0.2) is 22.6 Å². The summed E-state index contributed by atoms with van der Waals surface area (Å²) in [5.41, 5.74) is 0.0306. The first-order chi connectivity index (χ1) is 10.8. The van der Waals surface area contributed by atoms with Crippen LogP contribution in [0, 0.1) is 11.6 Å². The molecule has 124 valence electrons. The van der Waals surface area contributed by atoms with Gasteiger partial charge in [0.15, 0.2) is 11.6 Å². The normalized spacial score (nSPS) is 11.2. The van der Waals surface area contributed by atoms with E-state index in [0.29, 0.717) is 11.8 Å². The molecule has 0 fully saturated rings. The molecule has 2 rings (SSSR count). The van der Waals surface area contributed by atoms with Crippen molar-refractivity contribution in [3.8, 4) is 11.5 Å². The monoisotopic (exact) mass is 363 g/mol. The number of rotatable bonds is 5. The van der Waals surface area contributed by atoms with E-state index in [1.165, 1.54) is 26.4 Å². The minimum absolute atomic E-state index is 0.0306. The quantitative estimate of drug-likeness (QED) is 0.883. The molecule has 0 heterocycles. The van der Waals surface area contributed by atoms with E-state index in [1.807, 2.05) is 0 Å². The number of hydrogen-bond acceptors (Lipinski definition) is 4. The molecule has 23 heavy (non-hydrogen) atoms. The molecule has 0 radical (unpaired) electrons. The molecule has 0 aliphatic rings. The van der Waals surface area contributed by atoms with E-state index < -0.39 is 26.6 Å². The van der Waals surface area contributed by atoms with Gasteiger partial charge in [-0.1, -0.05) is 11.6 Å². The lowest BCUT2D eigenvalue weighted by atomic mass is 10.3. The van der Waals surface area contributed by atoms with E-state index in [2.05, 4.69) is 4.72 Å². The Labute approximate surface area is 136 Å². The van der Waals surface area contributed by atoms with Gasteiger partial charge in [-0.05, 0) is 24.3 Å². The molecule has 0 saturated carbocycles. The van der Waals surface area contributed by atoms with Crippen LogP contribution in [0.4, 0.5) is 14.5 Å². The van der Waals surface area contributed by atoms with E-state index >= 15 is 0 Å². The summed E-state index contributed by atoms with van der Waals surface area (Å²) < 4.78 is 63.0. The summed E-state index contributed by atoms with van der Waals surface area (Å²) in [5, 5.41) is 0.149. The summed E-state index contributed by atoms with van der Waals surface area (Å²) in [7, 11) is -1.43. The molecule has 1 N–H and O–H groups in total. The van der Waals surface area contributed by atoms with Gasteiger partial charge in [0.1, 0.15) is 11.5 Å². The van der Waals surface area contributed by atoms with Crippen molar-refractivity contribution < 1.29 is 26.7 Å². The highest BCUT2D eigenvalue weighted by atomic mass is 35.5. The molecule has 0 amide bonds. The number of benzene rings is 2. The lowest BCUT2D eigenvalue weighted by Gasteiger charge is -2.14. The van der Waals surface area contributed by atoms with Crippen molar-refractivity contribution in [1.29, 1.82) is 0 Å². The van der Waals surface area contributed by atoms with Gasteiger partial charge in [0.2, 0.25) is 0 Å². The molecule has 0 aliphatic heterocycles. The van der Waals surface area contributed by atoms with Crippen molar-refractivity contribution in [1.82, 2.24) is 0 Å². The zero-order chi connectivity index (χ0) is 17.2. The van der Waals surface area contributed by atoms with Gasteiger partial charge in [-0.25, -0.2) is 17.2 Å². The molecule has 9 heteroatoms. The Kier molecular flexibility index (Phi) is 4.96. The Morgan fingerprint density at radius 1 is 1.00 bits per heavy atom. The van der Waals surface area contributed by atoms with Crippen molar-refractivity contribution in [3.05, 3.63) is 47.0 Å². The molecule has 0 saturated heterocycles. The largest absolute Gasteiger partial charge is 0.495 e. The summed E-state index contributed by atoms with van der Waals surface area (Å²) in [6.07, 6.45) is 0. The standard InChI is InChI=1S/C14H12ClF2NO4S/c1-21-13-7-14(22-2)12(6-9(13)15)18-23(19,20)8-3-4-10(16)11(17)5-8/h3-7,18H,1-2H3. The van der Waals surface area contributed by atoms with Crippen molar-refractivity contribution in [2.45, 2.75) is 4.90 Å². The van der Waals surface area contributed by atoms with Gasteiger partial charge >= 0.3 is 0 Å². The van der Waals surface area contributed by atoms with Gasteiger partial charge in [-0.2, -0.15) is 0 Å². The van der Waals surface area contributed by atoms with Crippen molar-refractivity contribution in [2.24, 2.45) is 0 Å². The van der Waals surface area contributed by atoms with Crippen molar-refractivity contribution in [3.63, 3.8) is 0 Å². The van der Waals surface area contributed by atoms with E-state index in [4.69, 9.17) is 21.1 Å². The highest BCUT2D eigenvalue weighted by molar-refractivity contribution is 7.92. The number of nitrogens with one attached hydrogen (secondary N) is 1. The lowest BCUT2D eigenvalue weighted by molar-refractivity contribution is 0.396. The number of hydrogen-bond donors (Lipinski definition) is 1. The second-order valence-corrected chi connectivity index (χ2v) is 6.46. The minimum atomic E-state index is -4.16. The number of methoxy groups -OCH3 is 2. The van der Waals surface area contributed by atoms with Crippen LogP contribution in [0.1, 0.15) is 0 Å². The molecular formula is C14H12ClF2NO4S.